The molecule has 0 aliphatic heterocycles. The zero-order chi connectivity index (χ0) is 76.5. The summed E-state index contributed by atoms with van der Waals surface area (Å²) in [7, 11) is 0. The van der Waals surface area contributed by atoms with E-state index in [1.165, 1.54) is 18.2 Å². The smallest absolute Gasteiger partial charge is 0.330 e. The molecule has 0 aliphatic carbocycles. The van der Waals surface area contributed by atoms with Crippen LogP contribution < -0.4 is 14.2 Å². The van der Waals surface area contributed by atoms with Crippen molar-refractivity contribution in [2.75, 3.05) is 52.9 Å². The largest absolute Gasteiger partial charge is 0.494 e. The average Bonchev–Trinajstić information content (AvgIpc) is 0.869. The third-order valence-electron chi connectivity index (χ3n) is 18.5. The number of hydrogen-bond acceptors (Lipinski definition) is 15. The minimum Gasteiger partial charge on any atom is -0.494 e. The van der Waals surface area contributed by atoms with Crippen LogP contribution in [0.25, 0.3) is 51.6 Å². The fourth-order valence-electron chi connectivity index (χ4n) is 12.0. The molecule has 0 aliphatic rings. The molecule has 0 aromatic heterocycles. The quantitative estimate of drug-likeness (QED) is 0.0152. The van der Waals surface area contributed by atoms with Crippen molar-refractivity contribution in [3.05, 3.63) is 181 Å². The van der Waals surface area contributed by atoms with Gasteiger partial charge < -0.3 is 42.6 Å². The maximum absolute atomic E-state index is 13.1. The molecule has 6 aromatic rings. The van der Waals surface area contributed by atoms with Gasteiger partial charge in [-0.3, -0.25) is 14.4 Å². The Morgan fingerprint density at radius 3 is 0.759 bits per heavy atom. The number of benzene rings is 6. The molecule has 0 radical (unpaired) electrons. The maximum Gasteiger partial charge on any atom is 0.330 e. The molecule has 0 spiro atoms. The highest BCUT2D eigenvalue weighted by atomic mass is 16.6. The van der Waals surface area contributed by atoms with Crippen LogP contribution >= 0.6 is 0 Å². The topological polar surface area (TPSA) is 185 Å². The molecule has 6 rings (SSSR count). The third-order valence-corrected chi connectivity index (χ3v) is 18.5. The lowest BCUT2D eigenvalue weighted by molar-refractivity contribution is -0.167. The molecular formula is C93H122O15. The average molecular weight is 1480 g/mol. The van der Waals surface area contributed by atoms with Gasteiger partial charge >= 0.3 is 35.8 Å². The second-order valence-electron chi connectivity index (χ2n) is 27.8. The first-order chi connectivity index (χ1) is 53.0. The van der Waals surface area contributed by atoms with Gasteiger partial charge in [0.25, 0.3) is 0 Å². The minimum atomic E-state index is -0.928. The Labute approximate surface area is 644 Å². The molecule has 15 heteroatoms. The summed E-state index contributed by atoms with van der Waals surface area (Å²) in [4.78, 5) is 76.3. The van der Waals surface area contributed by atoms with E-state index in [0.717, 1.165) is 261 Å². The van der Waals surface area contributed by atoms with E-state index >= 15 is 0 Å². The maximum atomic E-state index is 13.1. The van der Waals surface area contributed by atoms with E-state index < -0.39 is 24.0 Å². The van der Waals surface area contributed by atoms with Crippen molar-refractivity contribution in [1.82, 2.24) is 0 Å². The van der Waals surface area contributed by atoms with Crippen LogP contribution in [0.2, 0.25) is 0 Å². The SMILES string of the molecule is CCCCCOc1ccc(-c2ccc(C=CC(=O)OCCCCCCCCCC(=O)OCC(COC(=O)CCCCCCCCCOC(=O)C=Cc3ccc(-c4ccc(OCCCCC)cc4)cc3)OC(=O)CCCCCCCCCOC(=O)C=Cc3ccc(-c4ccc(OCCCCC)cc4)cc3)cc2)cc1. The summed E-state index contributed by atoms with van der Waals surface area (Å²) in [5.41, 5.74) is 9.28. The molecule has 584 valence electrons. The molecule has 6 aromatic carbocycles. The van der Waals surface area contributed by atoms with Gasteiger partial charge in [0.15, 0.2) is 6.10 Å². The van der Waals surface area contributed by atoms with Gasteiger partial charge in [0.2, 0.25) is 0 Å². The molecule has 0 atom stereocenters. The van der Waals surface area contributed by atoms with E-state index in [9.17, 15) is 28.8 Å². The van der Waals surface area contributed by atoms with E-state index in [1.54, 1.807) is 18.2 Å². The molecule has 0 saturated carbocycles. The van der Waals surface area contributed by atoms with E-state index in [1.807, 2.05) is 109 Å². The van der Waals surface area contributed by atoms with Gasteiger partial charge in [-0.25, -0.2) is 14.4 Å². The predicted molar refractivity (Wildman–Crippen MR) is 433 cm³/mol. The van der Waals surface area contributed by atoms with Crippen LogP contribution in [0, 0.1) is 0 Å². The number of hydrogen-bond donors (Lipinski definition) is 0. The summed E-state index contributed by atoms with van der Waals surface area (Å²) >= 11 is 0. The van der Waals surface area contributed by atoms with Crippen LogP contribution in [0.15, 0.2) is 164 Å². The van der Waals surface area contributed by atoms with E-state index in [-0.39, 0.29) is 50.4 Å². The Morgan fingerprint density at radius 1 is 0.259 bits per heavy atom. The Hall–Kier alpha value is -9.24. The molecule has 0 heterocycles. The standard InChI is InChI=1S/C93H122O15/c1-4-7-28-67-100-84-58-52-81(53-59-84)78-46-37-75(38-47-78)43-64-90(96)103-70-31-22-16-10-13-19-25-34-88(94)106-73-87(108-93(99)36-27-21-15-12-18-24-33-72-105-92(98)66-45-77-41-50-80(51-42-77)83-56-62-86(63-57-83)102-69-30-9-6-3)74-107-89(95)35-26-20-14-11-17-23-32-71-104-91(97)65-44-76-39-48-79(49-40-76)82-54-60-85(61-55-82)101-68-29-8-5-2/h37-66,87H,4-36,67-74H2,1-3H3. The van der Waals surface area contributed by atoms with Crippen molar-refractivity contribution in [3.63, 3.8) is 0 Å². The lowest BCUT2D eigenvalue weighted by atomic mass is 10.0. The van der Waals surface area contributed by atoms with Crippen LogP contribution in [0.1, 0.15) is 249 Å². The predicted octanol–water partition coefficient (Wildman–Crippen LogP) is 22.8. The monoisotopic (exact) mass is 1480 g/mol. The highest BCUT2D eigenvalue weighted by molar-refractivity contribution is 5.88. The molecule has 108 heavy (non-hydrogen) atoms. The zero-order valence-electron chi connectivity index (χ0n) is 65.0. The Balaban J connectivity index is 0.802. The van der Waals surface area contributed by atoms with Crippen molar-refractivity contribution in [2.24, 2.45) is 0 Å². The van der Waals surface area contributed by atoms with Gasteiger partial charge in [-0.15, -0.1) is 0 Å². The number of unbranched alkanes of at least 4 members (excludes halogenated alkanes) is 24. The summed E-state index contributed by atoms with van der Waals surface area (Å²) < 4.78 is 50.8. The van der Waals surface area contributed by atoms with Gasteiger partial charge in [0.1, 0.15) is 30.5 Å². The van der Waals surface area contributed by atoms with Gasteiger partial charge in [-0.1, -0.05) is 265 Å². The highest BCUT2D eigenvalue weighted by Gasteiger charge is 2.20. The van der Waals surface area contributed by atoms with E-state index in [2.05, 4.69) is 57.2 Å². The summed E-state index contributed by atoms with van der Waals surface area (Å²) in [6.45, 7) is 9.37. The number of carbonyl (C=O) groups excluding carboxylic acids is 6. The first-order valence-corrected chi connectivity index (χ1v) is 40.5. The summed E-state index contributed by atoms with van der Waals surface area (Å²) in [6, 6.07) is 48.5. The van der Waals surface area contributed by atoms with Gasteiger partial charge in [0.05, 0.1) is 39.6 Å². The van der Waals surface area contributed by atoms with Crippen molar-refractivity contribution in [3.8, 4) is 50.6 Å². The molecule has 0 amide bonds. The Morgan fingerprint density at radius 2 is 0.491 bits per heavy atom. The van der Waals surface area contributed by atoms with Gasteiger partial charge in [-0.05, 0) is 162 Å². The molecule has 0 unspecified atom stereocenters. The molecule has 15 nitrogen and oxygen atoms in total. The number of rotatable bonds is 59. The molecular weight excluding hydrogens is 1360 g/mol. The number of ether oxygens (including phenoxy) is 9. The fourth-order valence-corrected chi connectivity index (χ4v) is 12.0. The number of carbonyl (C=O) groups is 6. The van der Waals surface area contributed by atoms with Crippen molar-refractivity contribution in [1.29, 1.82) is 0 Å². The van der Waals surface area contributed by atoms with Crippen LogP contribution in [0.3, 0.4) is 0 Å². The minimum absolute atomic E-state index is 0.187. The van der Waals surface area contributed by atoms with Crippen molar-refractivity contribution in [2.45, 2.75) is 239 Å². The Kier molecular flexibility index (Phi) is 45.5. The van der Waals surface area contributed by atoms with Crippen molar-refractivity contribution >= 4 is 54.0 Å². The summed E-state index contributed by atoms with van der Waals surface area (Å²) in [5.74, 6) is 0.283. The lowest BCUT2D eigenvalue weighted by Gasteiger charge is -2.18. The van der Waals surface area contributed by atoms with Crippen LogP contribution in [0.5, 0.6) is 17.2 Å². The Bertz CT molecular complexity index is 3360. The first kappa shape index (κ1) is 87.7. The normalized spacial score (nSPS) is 11.6. The van der Waals surface area contributed by atoms with Crippen LogP contribution in [-0.4, -0.2) is 94.8 Å². The molecule has 0 N–H and O–H groups in total. The third kappa shape index (κ3) is 40.1. The van der Waals surface area contributed by atoms with E-state index in [4.69, 9.17) is 42.6 Å². The summed E-state index contributed by atoms with van der Waals surface area (Å²) in [6.07, 6.45) is 37.9. The molecule has 0 bridgehead atoms. The second-order valence-corrected chi connectivity index (χ2v) is 27.8. The van der Waals surface area contributed by atoms with Crippen LogP contribution in [0.4, 0.5) is 0 Å². The van der Waals surface area contributed by atoms with E-state index in [0.29, 0.717) is 39.1 Å². The first-order valence-electron chi connectivity index (χ1n) is 40.5. The van der Waals surface area contributed by atoms with Gasteiger partial charge in [0, 0.05) is 37.5 Å². The summed E-state index contributed by atoms with van der Waals surface area (Å²) in [5, 5.41) is 0. The molecule has 0 fully saturated rings. The van der Waals surface area contributed by atoms with Crippen LogP contribution in [-0.2, 0) is 57.2 Å². The zero-order valence-corrected chi connectivity index (χ0v) is 65.0. The van der Waals surface area contributed by atoms with Gasteiger partial charge in [-0.2, -0.15) is 0 Å². The number of esters is 6. The second kappa shape index (κ2) is 56.1. The fraction of sp³-hybridized carbons (Fsp3) is 0.484. The highest BCUT2D eigenvalue weighted by Crippen LogP contribution is 2.28. The lowest BCUT2D eigenvalue weighted by Crippen LogP contribution is -2.30. The van der Waals surface area contributed by atoms with Crippen molar-refractivity contribution < 1.29 is 71.4 Å². The molecule has 0 saturated heterocycles.